The number of rotatable bonds is 5. The highest BCUT2D eigenvalue weighted by Crippen LogP contribution is 2.18. The molecule has 1 amide bonds. The lowest BCUT2D eigenvalue weighted by molar-refractivity contribution is -0.142. The molecule has 0 heterocycles. The highest BCUT2D eigenvalue weighted by molar-refractivity contribution is 5.82. The Labute approximate surface area is 129 Å². The second-order valence-corrected chi connectivity index (χ2v) is 4.98. The number of aliphatic hydroxyl groups excluding tert-OH is 2. The van der Waals surface area contributed by atoms with E-state index in [9.17, 15) is 15.0 Å². The highest BCUT2D eigenvalue weighted by atomic mass is 16.3. The Hall–Kier alpha value is -2.43. The molecule has 2 N–H and O–H groups in total. The van der Waals surface area contributed by atoms with Crippen LogP contribution in [0.5, 0.6) is 0 Å². The third-order valence-corrected chi connectivity index (χ3v) is 3.33. The maximum atomic E-state index is 12.1. The van der Waals surface area contributed by atoms with E-state index in [1.807, 2.05) is 30.3 Å². The maximum Gasteiger partial charge on any atom is 0.258 e. The first-order chi connectivity index (χ1) is 10.6. The molecule has 0 aromatic heterocycles. The molecule has 114 valence electrons. The second-order valence-electron chi connectivity index (χ2n) is 4.98. The predicted octanol–water partition coefficient (Wildman–Crippen LogP) is 2.21. The van der Waals surface area contributed by atoms with Crippen LogP contribution >= 0.6 is 0 Å². The monoisotopic (exact) mass is 297 g/mol. The van der Waals surface area contributed by atoms with Gasteiger partial charge in [-0.3, -0.25) is 4.79 Å². The Morgan fingerprint density at radius 2 is 1.55 bits per heavy atom. The summed E-state index contributed by atoms with van der Waals surface area (Å²) in [6, 6.07) is 18.1. The van der Waals surface area contributed by atoms with Gasteiger partial charge in [0.15, 0.2) is 6.10 Å². The van der Waals surface area contributed by atoms with Gasteiger partial charge in [-0.1, -0.05) is 60.7 Å². The molecule has 2 rings (SSSR count). The summed E-state index contributed by atoms with van der Waals surface area (Å²) in [4.78, 5) is 13.4. The third kappa shape index (κ3) is 4.04. The second kappa shape index (κ2) is 7.54. The molecule has 22 heavy (non-hydrogen) atoms. The number of hydrogen-bond donors (Lipinski definition) is 2. The number of amides is 1. The van der Waals surface area contributed by atoms with E-state index in [-0.39, 0.29) is 0 Å². The van der Waals surface area contributed by atoms with Crippen LogP contribution in [0.4, 0.5) is 0 Å². The van der Waals surface area contributed by atoms with E-state index in [0.717, 1.165) is 5.56 Å². The molecule has 0 aliphatic carbocycles. The van der Waals surface area contributed by atoms with Crippen molar-refractivity contribution in [3.63, 3.8) is 0 Å². The molecule has 4 nitrogen and oxygen atoms in total. The Kier molecular flexibility index (Phi) is 5.47. The molecule has 0 aliphatic heterocycles. The minimum absolute atomic E-state index is 0.504. The van der Waals surface area contributed by atoms with Crippen molar-refractivity contribution in [1.29, 1.82) is 0 Å². The zero-order valence-electron chi connectivity index (χ0n) is 12.3. The van der Waals surface area contributed by atoms with Crippen LogP contribution in [0.3, 0.4) is 0 Å². The predicted molar refractivity (Wildman–Crippen MR) is 85.7 cm³/mol. The van der Waals surface area contributed by atoms with Crippen LogP contribution in [0.1, 0.15) is 17.2 Å². The standard InChI is InChI=1S/C18H19NO3/c1-19(13-12-14-8-4-2-5-9-14)18(22)17(21)16(20)15-10-6-3-7-11-15/h2-13,16-17,20-21H,1H3/b13-12-. The Balaban J connectivity index is 2.02. The number of hydrogen-bond acceptors (Lipinski definition) is 3. The van der Waals surface area contributed by atoms with Gasteiger partial charge in [0.05, 0.1) is 0 Å². The van der Waals surface area contributed by atoms with Gasteiger partial charge in [0.2, 0.25) is 0 Å². The average molecular weight is 297 g/mol. The lowest BCUT2D eigenvalue weighted by Gasteiger charge is -2.21. The summed E-state index contributed by atoms with van der Waals surface area (Å²) in [6.07, 6.45) is 0.576. The van der Waals surface area contributed by atoms with Gasteiger partial charge in [0.1, 0.15) is 6.10 Å². The van der Waals surface area contributed by atoms with Gasteiger partial charge in [-0.15, -0.1) is 0 Å². The maximum absolute atomic E-state index is 12.1. The van der Waals surface area contributed by atoms with E-state index in [2.05, 4.69) is 0 Å². The third-order valence-electron chi connectivity index (χ3n) is 3.33. The average Bonchev–Trinajstić information content (AvgIpc) is 2.59. The number of aliphatic hydroxyl groups is 2. The fourth-order valence-electron chi connectivity index (χ4n) is 2.01. The molecular formula is C18H19NO3. The number of benzene rings is 2. The van der Waals surface area contributed by atoms with Crippen LogP contribution in [0.2, 0.25) is 0 Å². The van der Waals surface area contributed by atoms with E-state index in [0.29, 0.717) is 5.56 Å². The minimum Gasteiger partial charge on any atom is -0.385 e. The molecular weight excluding hydrogens is 278 g/mol. The summed E-state index contributed by atoms with van der Waals surface area (Å²) in [7, 11) is 1.54. The van der Waals surface area contributed by atoms with Crippen molar-refractivity contribution in [2.24, 2.45) is 0 Å². The minimum atomic E-state index is -1.51. The molecule has 0 bridgehead atoms. The van der Waals surface area contributed by atoms with Crippen molar-refractivity contribution in [3.8, 4) is 0 Å². The Morgan fingerprint density at radius 1 is 1.00 bits per heavy atom. The lowest BCUT2D eigenvalue weighted by atomic mass is 10.0. The van der Waals surface area contributed by atoms with E-state index in [1.54, 1.807) is 49.7 Å². The summed E-state index contributed by atoms with van der Waals surface area (Å²) < 4.78 is 0. The van der Waals surface area contributed by atoms with Crippen LogP contribution in [0.25, 0.3) is 6.08 Å². The van der Waals surface area contributed by atoms with Gasteiger partial charge in [0, 0.05) is 13.2 Å². The van der Waals surface area contributed by atoms with Gasteiger partial charge in [-0.2, -0.15) is 0 Å². The first kappa shape index (κ1) is 15.9. The first-order valence-corrected chi connectivity index (χ1v) is 7.00. The van der Waals surface area contributed by atoms with Crippen molar-refractivity contribution >= 4 is 12.0 Å². The van der Waals surface area contributed by atoms with Crippen LogP contribution < -0.4 is 0 Å². The lowest BCUT2D eigenvalue weighted by Crippen LogP contribution is -2.37. The van der Waals surface area contributed by atoms with Crippen molar-refractivity contribution < 1.29 is 15.0 Å². The molecule has 2 aromatic rings. The number of likely N-dealkylation sites (N-methyl/N-ethyl adjacent to an activating group) is 1. The van der Waals surface area contributed by atoms with Crippen molar-refractivity contribution in [2.75, 3.05) is 7.05 Å². The van der Waals surface area contributed by atoms with Crippen LogP contribution in [0, 0.1) is 0 Å². The molecule has 0 saturated carbocycles. The zero-order chi connectivity index (χ0) is 15.9. The zero-order valence-corrected chi connectivity index (χ0v) is 12.3. The summed E-state index contributed by atoms with van der Waals surface area (Å²) in [5.41, 5.74) is 1.45. The number of carbonyl (C=O) groups is 1. The summed E-state index contributed by atoms with van der Waals surface area (Å²) in [6.45, 7) is 0. The van der Waals surface area contributed by atoms with Gasteiger partial charge < -0.3 is 15.1 Å². The SMILES string of the molecule is CN(/C=C\c1ccccc1)C(=O)C(O)C(O)c1ccccc1. The fourth-order valence-corrected chi connectivity index (χ4v) is 2.01. The smallest absolute Gasteiger partial charge is 0.258 e. The van der Waals surface area contributed by atoms with Gasteiger partial charge in [-0.25, -0.2) is 0 Å². The van der Waals surface area contributed by atoms with Crippen LogP contribution in [0.15, 0.2) is 66.9 Å². The van der Waals surface area contributed by atoms with Crippen molar-refractivity contribution in [1.82, 2.24) is 4.90 Å². The van der Waals surface area contributed by atoms with Gasteiger partial charge in [0.25, 0.3) is 5.91 Å². The molecule has 2 unspecified atom stereocenters. The fraction of sp³-hybridized carbons (Fsp3) is 0.167. The summed E-state index contributed by atoms with van der Waals surface area (Å²) in [5.74, 6) is -0.566. The Bertz CT molecular complexity index is 625. The summed E-state index contributed by atoms with van der Waals surface area (Å²) >= 11 is 0. The molecule has 2 aromatic carbocycles. The normalized spacial score (nSPS) is 13.8. The quantitative estimate of drug-likeness (QED) is 0.889. The van der Waals surface area contributed by atoms with E-state index >= 15 is 0 Å². The molecule has 0 saturated heterocycles. The van der Waals surface area contributed by atoms with Gasteiger partial charge in [-0.05, 0) is 17.2 Å². The molecule has 0 fully saturated rings. The highest BCUT2D eigenvalue weighted by Gasteiger charge is 2.27. The largest absolute Gasteiger partial charge is 0.385 e. The molecule has 0 aliphatic rings. The number of carbonyl (C=O) groups excluding carboxylic acids is 1. The van der Waals surface area contributed by atoms with E-state index in [1.165, 1.54) is 4.90 Å². The molecule has 2 atom stereocenters. The molecule has 0 spiro atoms. The Morgan fingerprint density at radius 3 is 2.14 bits per heavy atom. The van der Waals surface area contributed by atoms with E-state index in [4.69, 9.17) is 0 Å². The summed E-state index contributed by atoms with van der Waals surface area (Å²) in [5, 5.41) is 20.1. The number of nitrogens with zero attached hydrogens (tertiary/aromatic N) is 1. The van der Waals surface area contributed by atoms with Crippen molar-refractivity contribution in [3.05, 3.63) is 78.0 Å². The van der Waals surface area contributed by atoms with E-state index < -0.39 is 18.1 Å². The molecule has 0 radical (unpaired) electrons. The molecule has 4 heteroatoms. The topological polar surface area (TPSA) is 60.8 Å². The first-order valence-electron chi connectivity index (χ1n) is 7.00. The van der Waals surface area contributed by atoms with Crippen LogP contribution in [-0.2, 0) is 4.79 Å². The van der Waals surface area contributed by atoms with Crippen molar-refractivity contribution in [2.45, 2.75) is 12.2 Å². The van der Waals surface area contributed by atoms with Crippen LogP contribution in [-0.4, -0.2) is 34.2 Å². The van der Waals surface area contributed by atoms with Gasteiger partial charge >= 0.3 is 0 Å².